The molecule has 0 aliphatic heterocycles. The lowest BCUT2D eigenvalue weighted by molar-refractivity contribution is 0.173. The van der Waals surface area contributed by atoms with Crippen LogP contribution in [0.3, 0.4) is 0 Å². The number of rotatable bonds is 3. The molecule has 126 valence electrons. The van der Waals surface area contributed by atoms with Crippen molar-refractivity contribution in [1.82, 2.24) is 0 Å². The maximum absolute atomic E-state index is 12.4. The predicted molar refractivity (Wildman–Crippen MR) is 101 cm³/mol. The number of ether oxygens (including phenoxy) is 1. The number of amides is 1. The highest BCUT2D eigenvalue weighted by molar-refractivity contribution is 9.10. The summed E-state index contributed by atoms with van der Waals surface area (Å²) in [5, 5.41) is 0. The fraction of sp³-hybridized carbons (Fsp3) is 0.350. The Balaban J connectivity index is 1.94. The Morgan fingerprint density at radius 1 is 1.04 bits per heavy atom. The first-order valence-electron chi connectivity index (χ1n) is 8.43. The number of nitrogens with zero attached hydrogens (tertiary/aromatic N) is 1. The molecule has 0 N–H and O–H groups in total. The van der Waals surface area contributed by atoms with Crippen molar-refractivity contribution in [2.24, 2.45) is 0 Å². The molecular formula is C20H22BrNO2. The molecule has 2 aromatic rings. The maximum Gasteiger partial charge on any atom is 0.414 e. The standard InChI is InChI=1S/C20H22BrNO2/c1-24-20(23)22(17-10-6-3-7-11-17)19-13-12-16(14-18(19)21)15-8-4-2-5-9-15/h2,4-5,8-9,12-14,17H,3,6-7,10-11H2,1H3. The summed E-state index contributed by atoms with van der Waals surface area (Å²) in [6.45, 7) is 0. The van der Waals surface area contributed by atoms with Crippen LogP contribution in [0.25, 0.3) is 11.1 Å². The van der Waals surface area contributed by atoms with E-state index < -0.39 is 0 Å². The van der Waals surface area contributed by atoms with Crippen molar-refractivity contribution < 1.29 is 9.53 Å². The lowest BCUT2D eigenvalue weighted by Gasteiger charge is -2.34. The van der Waals surface area contributed by atoms with E-state index in [1.54, 1.807) is 0 Å². The van der Waals surface area contributed by atoms with Crippen molar-refractivity contribution >= 4 is 27.7 Å². The molecule has 1 fully saturated rings. The van der Waals surface area contributed by atoms with Gasteiger partial charge in [0.15, 0.2) is 0 Å². The third-order valence-corrected chi connectivity index (χ3v) is 5.26. The molecule has 3 rings (SSSR count). The summed E-state index contributed by atoms with van der Waals surface area (Å²) >= 11 is 3.66. The molecule has 0 atom stereocenters. The van der Waals surface area contributed by atoms with Crippen molar-refractivity contribution in [2.45, 2.75) is 38.1 Å². The summed E-state index contributed by atoms with van der Waals surface area (Å²) in [5.41, 5.74) is 3.17. The molecule has 0 aromatic heterocycles. The Bertz CT molecular complexity index is 696. The number of carbonyl (C=O) groups excluding carboxylic acids is 1. The minimum atomic E-state index is -0.282. The SMILES string of the molecule is COC(=O)N(c1ccc(-c2ccccc2)cc1Br)C1CCCCC1. The molecule has 4 heteroatoms. The minimum absolute atomic E-state index is 0.213. The van der Waals surface area contributed by atoms with Gasteiger partial charge in [-0.25, -0.2) is 4.79 Å². The quantitative estimate of drug-likeness (QED) is 0.643. The molecule has 0 radical (unpaired) electrons. The van der Waals surface area contributed by atoms with Crippen LogP contribution in [0.4, 0.5) is 10.5 Å². The Morgan fingerprint density at radius 3 is 2.38 bits per heavy atom. The number of anilines is 1. The van der Waals surface area contributed by atoms with E-state index in [2.05, 4.69) is 40.2 Å². The maximum atomic E-state index is 12.4. The van der Waals surface area contributed by atoms with Gasteiger partial charge in [0.05, 0.1) is 12.8 Å². The number of hydrogen-bond donors (Lipinski definition) is 0. The molecule has 0 bridgehead atoms. The zero-order valence-corrected chi connectivity index (χ0v) is 15.5. The summed E-state index contributed by atoms with van der Waals surface area (Å²) < 4.78 is 5.97. The molecule has 3 nitrogen and oxygen atoms in total. The highest BCUT2D eigenvalue weighted by atomic mass is 79.9. The molecule has 1 aliphatic rings. The summed E-state index contributed by atoms with van der Waals surface area (Å²) in [7, 11) is 1.45. The second kappa shape index (κ2) is 7.84. The fourth-order valence-electron chi connectivity index (χ4n) is 3.39. The van der Waals surface area contributed by atoms with Crippen LogP contribution in [0, 0.1) is 0 Å². The normalized spacial score (nSPS) is 15.1. The van der Waals surface area contributed by atoms with Gasteiger partial charge in [0.1, 0.15) is 0 Å². The average Bonchev–Trinajstić information content (AvgIpc) is 2.64. The van der Waals surface area contributed by atoms with Crippen LogP contribution in [0.2, 0.25) is 0 Å². The van der Waals surface area contributed by atoms with E-state index in [1.165, 1.54) is 13.5 Å². The van der Waals surface area contributed by atoms with E-state index in [9.17, 15) is 4.79 Å². The summed E-state index contributed by atoms with van der Waals surface area (Å²) in [4.78, 5) is 14.2. The second-order valence-electron chi connectivity index (χ2n) is 6.16. The number of benzene rings is 2. The van der Waals surface area contributed by atoms with Gasteiger partial charge >= 0.3 is 6.09 Å². The molecule has 1 aliphatic carbocycles. The summed E-state index contributed by atoms with van der Waals surface area (Å²) in [6, 6.07) is 16.6. The largest absolute Gasteiger partial charge is 0.452 e. The molecule has 0 saturated heterocycles. The van der Waals surface area contributed by atoms with Gasteiger partial charge in [-0.15, -0.1) is 0 Å². The second-order valence-corrected chi connectivity index (χ2v) is 7.02. The van der Waals surface area contributed by atoms with Crippen LogP contribution in [0.5, 0.6) is 0 Å². The first kappa shape index (κ1) is 17.0. The lowest BCUT2D eigenvalue weighted by Crippen LogP contribution is -2.41. The van der Waals surface area contributed by atoms with E-state index in [4.69, 9.17) is 4.74 Å². The number of methoxy groups -OCH3 is 1. The Kier molecular flexibility index (Phi) is 5.56. The highest BCUT2D eigenvalue weighted by Crippen LogP contribution is 2.35. The van der Waals surface area contributed by atoms with Gasteiger partial charge in [0, 0.05) is 10.5 Å². The minimum Gasteiger partial charge on any atom is -0.452 e. The van der Waals surface area contributed by atoms with Gasteiger partial charge in [-0.05, 0) is 52.0 Å². The van der Waals surface area contributed by atoms with Crippen molar-refractivity contribution in [2.75, 3.05) is 12.0 Å². The van der Waals surface area contributed by atoms with Gasteiger partial charge in [0.2, 0.25) is 0 Å². The molecular weight excluding hydrogens is 366 g/mol. The van der Waals surface area contributed by atoms with Gasteiger partial charge in [0.25, 0.3) is 0 Å². The molecule has 1 amide bonds. The van der Waals surface area contributed by atoms with Crippen molar-refractivity contribution in [1.29, 1.82) is 0 Å². The fourth-order valence-corrected chi connectivity index (χ4v) is 3.96. The van der Waals surface area contributed by atoms with Gasteiger partial charge in [-0.3, -0.25) is 4.90 Å². The zero-order valence-electron chi connectivity index (χ0n) is 13.9. The van der Waals surface area contributed by atoms with Crippen LogP contribution >= 0.6 is 15.9 Å². The Labute approximate surface area is 151 Å². The monoisotopic (exact) mass is 387 g/mol. The van der Waals surface area contributed by atoms with E-state index in [0.29, 0.717) is 0 Å². The predicted octanol–water partition coefficient (Wildman–Crippen LogP) is 6.02. The van der Waals surface area contributed by atoms with Crippen LogP contribution in [0.15, 0.2) is 53.0 Å². The van der Waals surface area contributed by atoms with Crippen molar-refractivity contribution in [3.63, 3.8) is 0 Å². The van der Waals surface area contributed by atoms with E-state index in [1.807, 2.05) is 29.2 Å². The zero-order chi connectivity index (χ0) is 16.9. The van der Waals surface area contributed by atoms with E-state index >= 15 is 0 Å². The molecule has 2 aromatic carbocycles. The third kappa shape index (κ3) is 3.64. The first-order valence-corrected chi connectivity index (χ1v) is 9.22. The summed E-state index contributed by atoms with van der Waals surface area (Å²) in [5.74, 6) is 0. The van der Waals surface area contributed by atoms with Crippen molar-refractivity contribution in [3.8, 4) is 11.1 Å². The average molecular weight is 388 g/mol. The van der Waals surface area contributed by atoms with Crippen LogP contribution in [-0.2, 0) is 4.74 Å². The number of carbonyl (C=O) groups is 1. The van der Waals surface area contributed by atoms with E-state index in [-0.39, 0.29) is 12.1 Å². The molecule has 1 saturated carbocycles. The Morgan fingerprint density at radius 2 is 1.75 bits per heavy atom. The highest BCUT2D eigenvalue weighted by Gasteiger charge is 2.29. The van der Waals surface area contributed by atoms with Gasteiger partial charge in [-0.2, -0.15) is 0 Å². The van der Waals surface area contributed by atoms with Crippen LogP contribution in [-0.4, -0.2) is 19.2 Å². The Hall–Kier alpha value is -1.81. The molecule has 0 heterocycles. The van der Waals surface area contributed by atoms with Crippen LogP contribution < -0.4 is 4.90 Å². The summed E-state index contributed by atoms with van der Waals surface area (Å²) in [6.07, 6.45) is 5.36. The smallest absolute Gasteiger partial charge is 0.414 e. The first-order chi connectivity index (χ1) is 11.7. The van der Waals surface area contributed by atoms with Gasteiger partial charge < -0.3 is 4.74 Å². The van der Waals surface area contributed by atoms with Crippen LogP contribution in [0.1, 0.15) is 32.1 Å². The third-order valence-electron chi connectivity index (χ3n) is 4.63. The molecule has 24 heavy (non-hydrogen) atoms. The lowest BCUT2D eigenvalue weighted by atomic mass is 9.94. The molecule has 0 spiro atoms. The topological polar surface area (TPSA) is 29.5 Å². The van der Waals surface area contributed by atoms with Gasteiger partial charge in [-0.1, -0.05) is 55.7 Å². The number of halogens is 1. The molecule has 0 unspecified atom stereocenters. The van der Waals surface area contributed by atoms with Crippen molar-refractivity contribution in [3.05, 3.63) is 53.0 Å². The number of hydrogen-bond acceptors (Lipinski definition) is 2. The van der Waals surface area contributed by atoms with E-state index in [0.717, 1.165) is 47.0 Å².